The molecule has 0 saturated carbocycles. The summed E-state index contributed by atoms with van der Waals surface area (Å²) < 4.78 is 41.8. The molecular formula is C16H10F3NO. The molecule has 0 unspecified atom stereocenters. The van der Waals surface area contributed by atoms with Crippen molar-refractivity contribution in [2.24, 2.45) is 0 Å². The van der Waals surface area contributed by atoms with E-state index in [1.807, 2.05) is 0 Å². The van der Waals surface area contributed by atoms with E-state index in [-0.39, 0.29) is 12.1 Å². The van der Waals surface area contributed by atoms with Crippen LogP contribution in [0.15, 0.2) is 48.7 Å². The van der Waals surface area contributed by atoms with Crippen molar-refractivity contribution in [2.45, 2.75) is 6.54 Å². The maximum atomic E-state index is 13.6. The van der Waals surface area contributed by atoms with E-state index in [9.17, 15) is 18.0 Å². The molecule has 2 aromatic carbocycles. The molecular weight excluding hydrogens is 279 g/mol. The highest BCUT2D eigenvalue weighted by Gasteiger charge is 2.15. The molecule has 0 spiro atoms. The van der Waals surface area contributed by atoms with Crippen molar-refractivity contribution in [3.8, 4) is 0 Å². The van der Waals surface area contributed by atoms with Crippen LogP contribution in [0.2, 0.25) is 0 Å². The summed E-state index contributed by atoms with van der Waals surface area (Å²) in [6.07, 6.45) is 1.54. The minimum Gasteiger partial charge on any atom is -0.340 e. The number of carbonyl (C=O) groups excluding carboxylic acids is 1. The Balaban J connectivity index is 1.97. The Labute approximate surface area is 118 Å². The molecule has 0 saturated heterocycles. The molecule has 0 amide bonds. The third-order valence-corrected chi connectivity index (χ3v) is 3.30. The molecule has 106 valence electrons. The molecule has 0 bridgehead atoms. The molecule has 3 aromatic rings. The third kappa shape index (κ3) is 2.42. The fourth-order valence-corrected chi connectivity index (χ4v) is 2.27. The van der Waals surface area contributed by atoms with Crippen molar-refractivity contribution in [1.82, 2.24) is 4.57 Å². The molecule has 21 heavy (non-hydrogen) atoms. The van der Waals surface area contributed by atoms with Gasteiger partial charge < -0.3 is 4.57 Å². The van der Waals surface area contributed by atoms with Gasteiger partial charge in [-0.05, 0) is 36.4 Å². The Kier molecular flexibility index (Phi) is 3.25. The normalized spacial score (nSPS) is 11.0. The zero-order valence-electron chi connectivity index (χ0n) is 10.8. The van der Waals surface area contributed by atoms with Gasteiger partial charge in [-0.2, -0.15) is 0 Å². The lowest BCUT2D eigenvalue weighted by Crippen LogP contribution is -2.11. The predicted octanol–water partition coefficient (Wildman–Crippen LogP) is 3.94. The maximum Gasteiger partial charge on any atom is 0.185 e. The lowest BCUT2D eigenvalue weighted by Gasteiger charge is -2.06. The number of hydrogen-bond donors (Lipinski definition) is 0. The van der Waals surface area contributed by atoms with Crippen molar-refractivity contribution >= 4 is 16.7 Å². The number of aromatic nitrogens is 1. The summed E-state index contributed by atoms with van der Waals surface area (Å²) in [7, 11) is 0. The molecule has 0 radical (unpaired) electrons. The summed E-state index contributed by atoms with van der Waals surface area (Å²) in [4.78, 5) is 12.1. The van der Waals surface area contributed by atoms with E-state index in [2.05, 4.69) is 0 Å². The number of ketones is 1. The first-order valence-electron chi connectivity index (χ1n) is 6.28. The largest absolute Gasteiger partial charge is 0.340 e. The Morgan fingerprint density at radius 2 is 1.81 bits per heavy atom. The third-order valence-electron chi connectivity index (χ3n) is 3.30. The van der Waals surface area contributed by atoms with Crippen molar-refractivity contribution in [3.63, 3.8) is 0 Å². The summed E-state index contributed by atoms with van der Waals surface area (Å²) in [5.41, 5.74) is 0.216. The van der Waals surface area contributed by atoms with Gasteiger partial charge in [0.25, 0.3) is 0 Å². The van der Waals surface area contributed by atoms with Crippen LogP contribution in [0.3, 0.4) is 0 Å². The molecule has 0 aliphatic heterocycles. The summed E-state index contributed by atoms with van der Waals surface area (Å²) in [6.45, 7) is -0.187. The van der Waals surface area contributed by atoms with Crippen LogP contribution < -0.4 is 0 Å². The van der Waals surface area contributed by atoms with Crippen LogP contribution in [0.5, 0.6) is 0 Å². The van der Waals surface area contributed by atoms with E-state index in [0.29, 0.717) is 10.9 Å². The van der Waals surface area contributed by atoms with Crippen LogP contribution in [-0.4, -0.2) is 10.4 Å². The van der Waals surface area contributed by atoms with Crippen molar-refractivity contribution in [3.05, 3.63) is 71.7 Å². The zero-order valence-corrected chi connectivity index (χ0v) is 10.8. The number of nitrogens with zero attached hydrogens (tertiary/aromatic N) is 1. The maximum absolute atomic E-state index is 13.6. The number of hydrogen-bond acceptors (Lipinski definition) is 1. The van der Waals surface area contributed by atoms with E-state index < -0.39 is 23.2 Å². The standard InChI is InChI=1S/C16H10F3NO/c17-10-4-5-14(19)12(8-10)16(21)9-20-7-6-11-13(18)2-1-3-15(11)20/h1-8H,9H2. The molecule has 0 fully saturated rings. The van der Waals surface area contributed by atoms with Gasteiger partial charge in [-0.3, -0.25) is 4.79 Å². The first-order valence-corrected chi connectivity index (χ1v) is 6.28. The van der Waals surface area contributed by atoms with Gasteiger partial charge in [0.05, 0.1) is 17.6 Å². The van der Waals surface area contributed by atoms with Gasteiger partial charge in [0.2, 0.25) is 0 Å². The highest BCUT2D eigenvalue weighted by Crippen LogP contribution is 2.20. The fourth-order valence-electron chi connectivity index (χ4n) is 2.27. The van der Waals surface area contributed by atoms with Gasteiger partial charge in [-0.15, -0.1) is 0 Å². The SMILES string of the molecule is O=C(Cn1ccc2c(F)cccc21)c1cc(F)ccc1F. The van der Waals surface area contributed by atoms with Crippen LogP contribution in [0, 0.1) is 17.5 Å². The van der Waals surface area contributed by atoms with E-state index in [0.717, 1.165) is 18.2 Å². The van der Waals surface area contributed by atoms with E-state index in [1.165, 1.54) is 16.7 Å². The second-order valence-electron chi connectivity index (χ2n) is 4.66. The number of halogens is 3. The minimum atomic E-state index is -0.774. The first-order chi connectivity index (χ1) is 10.1. The smallest absolute Gasteiger partial charge is 0.185 e. The highest BCUT2D eigenvalue weighted by molar-refractivity contribution is 5.97. The van der Waals surface area contributed by atoms with Crippen LogP contribution in [-0.2, 0) is 6.54 Å². The molecule has 1 aromatic heterocycles. The molecule has 2 nitrogen and oxygen atoms in total. The molecule has 1 heterocycles. The Morgan fingerprint density at radius 3 is 2.62 bits per heavy atom. The molecule has 0 aliphatic rings. The molecule has 5 heteroatoms. The molecule has 0 aliphatic carbocycles. The number of rotatable bonds is 3. The number of carbonyl (C=O) groups is 1. The minimum absolute atomic E-state index is 0.187. The average Bonchev–Trinajstić information content (AvgIpc) is 2.86. The van der Waals surface area contributed by atoms with Gasteiger partial charge in [0.15, 0.2) is 5.78 Å². The second-order valence-corrected chi connectivity index (χ2v) is 4.66. The summed E-state index contributed by atoms with van der Waals surface area (Å²) in [5, 5.41) is 0.380. The van der Waals surface area contributed by atoms with Crippen LogP contribution >= 0.6 is 0 Å². The summed E-state index contributed by atoms with van der Waals surface area (Å²) in [6, 6.07) is 8.78. The first kappa shape index (κ1) is 13.4. The Hall–Kier alpha value is -2.56. The summed E-state index contributed by atoms with van der Waals surface area (Å²) in [5.74, 6) is -2.42. The van der Waals surface area contributed by atoms with Gasteiger partial charge in [-0.1, -0.05) is 6.07 Å². The van der Waals surface area contributed by atoms with Crippen molar-refractivity contribution in [2.75, 3.05) is 0 Å². The molecule has 0 atom stereocenters. The van der Waals surface area contributed by atoms with Crippen molar-refractivity contribution in [1.29, 1.82) is 0 Å². The lowest BCUT2D eigenvalue weighted by molar-refractivity contribution is 0.0969. The predicted molar refractivity (Wildman–Crippen MR) is 72.6 cm³/mol. The lowest BCUT2D eigenvalue weighted by atomic mass is 10.1. The van der Waals surface area contributed by atoms with E-state index in [4.69, 9.17) is 0 Å². The number of fused-ring (bicyclic) bond motifs is 1. The Morgan fingerprint density at radius 1 is 1.00 bits per heavy atom. The van der Waals surface area contributed by atoms with Gasteiger partial charge >= 0.3 is 0 Å². The summed E-state index contributed by atoms with van der Waals surface area (Å²) >= 11 is 0. The monoisotopic (exact) mass is 289 g/mol. The Bertz CT molecular complexity index is 839. The van der Waals surface area contributed by atoms with E-state index in [1.54, 1.807) is 18.3 Å². The van der Waals surface area contributed by atoms with Crippen LogP contribution in [0.4, 0.5) is 13.2 Å². The van der Waals surface area contributed by atoms with E-state index >= 15 is 0 Å². The fraction of sp³-hybridized carbons (Fsp3) is 0.0625. The van der Waals surface area contributed by atoms with Crippen molar-refractivity contribution < 1.29 is 18.0 Å². The second kappa shape index (κ2) is 5.09. The molecule has 3 rings (SSSR count). The average molecular weight is 289 g/mol. The topological polar surface area (TPSA) is 22.0 Å². The van der Waals surface area contributed by atoms with Crippen LogP contribution in [0.1, 0.15) is 10.4 Å². The van der Waals surface area contributed by atoms with Gasteiger partial charge in [0.1, 0.15) is 17.5 Å². The highest BCUT2D eigenvalue weighted by atomic mass is 19.1. The quantitative estimate of drug-likeness (QED) is 0.669. The number of benzene rings is 2. The van der Waals surface area contributed by atoms with Crippen LogP contribution in [0.25, 0.3) is 10.9 Å². The number of Topliss-reactive ketones (excluding diaryl/α,β-unsaturated/α-hetero) is 1. The van der Waals surface area contributed by atoms with Gasteiger partial charge in [0, 0.05) is 11.6 Å². The molecule has 0 N–H and O–H groups in total. The zero-order chi connectivity index (χ0) is 15.0. The van der Waals surface area contributed by atoms with Gasteiger partial charge in [-0.25, -0.2) is 13.2 Å².